The summed E-state index contributed by atoms with van der Waals surface area (Å²) in [4.78, 5) is 38.2. The van der Waals surface area contributed by atoms with Crippen molar-refractivity contribution in [3.05, 3.63) is 6.33 Å². The zero-order valence-corrected chi connectivity index (χ0v) is 29.3. The van der Waals surface area contributed by atoms with E-state index < -0.39 is 49.6 Å². The normalized spacial score (nSPS) is 23.1. The Morgan fingerprint density at radius 3 is 2.15 bits per heavy atom. The standard InChI is InChI=1S/C29H50N7O9P/c1-11-41-22-20-21(32-26(30)33-22)36(16-31-20)25-29(10,39)12-19(45-25)13-44-46(40,34-17(2)23(37)42-14-27(4,5)6)35-18(3)24(38)43-15-28(7,8)9/h16-19,25,39H,11-15H2,1-10H3,(H2,30,32,33)(H2,34,35,40). The number of aliphatic hydroxyl groups is 1. The van der Waals surface area contributed by atoms with Gasteiger partial charge in [-0.2, -0.15) is 9.97 Å². The third-order valence-corrected chi connectivity index (χ3v) is 8.57. The lowest BCUT2D eigenvalue weighted by molar-refractivity contribution is -0.148. The van der Waals surface area contributed by atoms with Gasteiger partial charge >= 0.3 is 19.6 Å². The lowest BCUT2D eigenvalue weighted by Gasteiger charge is -2.28. The Kier molecular flexibility index (Phi) is 11.8. The number of nitrogen functional groups attached to an aromatic ring is 1. The molecule has 0 saturated carbocycles. The number of rotatable bonds is 14. The Morgan fingerprint density at radius 2 is 1.65 bits per heavy atom. The first-order chi connectivity index (χ1) is 21.1. The number of hydrogen-bond donors (Lipinski definition) is 4. The Bertz CT molecular complexity index is 1380. The number of imidazole rings is 1. The van der Waals surface area contributed by atoms with Crippen LogP contribution in [0.3, 0.4) is 0 Å². The molecule has 17 heteroatoms. The van der Waals surface area contributed by atoms with Crippen molar-refractivity contribution in [1.29, 1.82) is 0 Å². The van der Waals surface area contributed by atoms with Crippen molar-refractivity contribution in [1.82, 2.24) is 29.7 Å². The number of hydrogen-bond acceptors (Lipinski definition) is 13. The molecule has 5 N–H and O–H groups in total. The summed E-state index contributed by atoms with van der Waals surface area (Å²) in [6, 6.07) is -2.14. The van der Waals surface area contributed by atoms with E-state index in [1.807, 2.05) is 41.5 Å². The maximum atomic E-state index is 14.1. The summed E-state index contributed by atoms with van der Waals surface area (Å²) in [5.74, 6) is -1.14. The highest BCUT2D eigenvalue weighted by Crippen LogP contribution is 2.44. The summed E-state index contributed by atoms with van der Waals surface area (Å²) in [6.45, 7) is 18.1. The molecule has 0 aliphatic carbocycles. The molecule has 1 aliphatic heterocycles. The van der Waals surface area contributed by atoms with Gasteiger partial charge in [0.2, 0.25) is 11.8 Å². The SMILES string of the molecule is CCOc1nc(N)nc2c1ncn2C1OC(COP(=O)(NC(C)C(=O)OCC(C)(C)C)NC(C)C(=O)OCC(C)(C)C)CC1(C)O. The summed E-state index contributed by atoms with van der Waals surface area (Å²) < 4.78 is 44.0. The molecular formula is C29H50N7O9P. The molecule has 46 heavy (non-hydrogen) atoms. The number of nitrogens with zero attached hydrogens (tertiary/aromatic N) is 4. The molecule has 1 fully saturated rings. The third kappa shape index (κ3) is 10.3. The molecule has 0 aromatic carbocycles. The minimum Gasteiger partial charge on any atom is -0.476 e. The molecule has 5 atom stereocenters. The number of ether oxygens (including phenoxy) is 4. The summed E-state index contributed by atoms with van der Waals surface area (Å²) in [6.07, 6.45) is -0.241. The largest absolute Gasteiger partial charge is 0.476 e. The maximum absolute atomic E-state index is 14.1. The van der Waals surface area contributed by atoms with Gasteiger partial charge in [0.15, 0.2) is 17.4 Å². The van der Waals surface area contributed by atoms with E-state index in [0.717, 1.165) is 0 Å². The zero-order valence-electron chi connectivity index (χ0n) is 28.4. The molecular weight excluding hydrogens is 621 g/mol. The van der Waals surface area contributed by atoms with E-state index in [1.54, 1.807) is 13.8 Å². The molecule has 3 heterocycles. The Hall–Kier alpha value is -2.88. The number of carbonyl (C=O) groups excluding carboxylic acids is 2. The van der Waals surface area contributed by atoms with Crippen LogP contribution in [0.4, 0.5) is 5.95 Å². The van der Waals surface area contributed by atoms with Crippen molar-refractivity contribution in [3.63, 3.8) is 0 Å². The molecule has 16 nitrogen and oxygen atoms in total. The molecule has 5 unspecified atom stereocenters. The molecule has 0 spiro atoms. The van der Waals surface area contributed by atoms with E-state index in [-0.39, 0.29) is 48.9 Å². The Labute approximate surface area is 270 Å². The lowest BCUT2D eigenvalue weighted by Crippen LogP contribution is -2.43. The van der Waals surface area contributed by atoms with Crippen LogP contribution in [0.1, 0.15) is 81.9 Å². The topological polar surface area (TPSA) is 211 Å². The van der Waals surface area contributed by atoms with Crippen LogP contribution in [0.2, 0.25) is 0 Å². The summed E-state index contributed by atoms with van der Waals surface area (Å²) in [7, 11) is -4.14. The average molecular weight is 672 g/mol. The van der Waals surface area contributed by atoms with Gasteiger partial charge in [-0.25, -0.2) is 15.2 Å². The number of carbonyl (C=O) groups is 2. The summed E-state index contributed by atoms with van der Waals surface area (Å²) in [5, 5.41) is 16.7. The van der Waals surface area contributed by atoms with E-state index >= 15 is 0 Å². The number of nitrogens with one attached hydrogen (secondary N) is 2. The highest BCUT2D eigenvalue weighted by molar-refractivity contribution is 7.54. The van der Waals surface area contributed by atoms with Crippen molar-refractivity contribution < 1.29 is 42.7 Å². The second-order valence-electron chi connectivity index (χ2n) is 14.2. The van der Waals surface area contributed by atoms with E-state index in [2.05, 4.69) is 25.1 Å². The number of fused-ring (bicyclic) bond motifs is 1. The third-order valence-electron chi connectivity index (χ3n) is 6.61. The fourth-order valence-electron chi connectivity index (χ4n) is 4.46. The number of anilines is 1. The van der Waals surface area contributed by atoms with Gasteiger partial charge < -0.3 is 34.3 Å². The molecule has 1 aliphatic rings. The van der Waals surface area contributed by atoms with Gasteiger partial charge in [-0.3, -0.25) is 18.7 Å². The van der Waals surface area contributed by atoms with Crippen LogP contribution in [0.25, 0.3) is 11.2 Å². The fraction of sp³-hybridized carbons (Fsp3) is 0.759. The zero-order chi connectivity index (χ0) is 34.7. The second kappa shape index (κ2) is 14.5. The van der Waals surface area contributed by atoms with Crippen LogP contribution >= 0.6 is 7.67 Å². The first-order valence-electron chi connectivity index (χ1n) is 15.3. The minimum atomic E-state index is -4.14. The maximum Gasteiger partial charge on any atom is 0.342 e. The summed E-state index contributed by atoms with van der Waals surface area (Å²) >= 11 is 0. The van der Waals surface area contributed by atoms with E-state index in [4.69, 9.17) is 29.2 Å². The van der Waals surface area contributed by atoms with Gasteiger partial charge in [0.1, 0.15) is 17.7 Å². The predicted molar refractivity (Wildman–Crippen MR) is 170 cm³/mol. The quantitative estimate of drug-likeness (QED) is 0.168. The van der Waals surface area contributed by atoms with Crippen molar-refractivity contribution in [3.8, 4) is 5.88 Å². The molecule has 3 rings (SSSR count). The van der Waals surface area contributed by atoms with Gasteiger partial charge in [0.25, 0.3) is 0 Å². The highest BCUT2D eigenvalue weighted by atomic mass is 31.2. The van der Waals surface area contributed by atoms with E-state index in [1.165, 1.54) is 24.7 Å². The molecule has 1 saturated heterocycles. The lowest BCUT2D eigenvalue weighted by atomic mass is 9.99. The molecule has 2 aromatic heterocycles. The van der Waals surface area contributed by atoms with Crippen molar-refractivity contribution in [2.24, 2.45) is 10.8 Å². The number of aromatic nitrogens is 4. The van der Waals surface area contributed by atoms with Crippen molar-refractivity contribution >= 4 is 36.7 Å². The first kappa shape index (κ1) is 37.6. The van der Waals surface area contributed by atoms with E-state index in [9.17, 15) is 19.3 Å². The van der Waals surface area contributed by atoms with Gasteiger partial charge in [-0.15, -0.1) is 0 Å². The highest BCUT2D eigenvalue weighted by Gasteiger charge is 2.47. The number of nitrogens with two attached hydrogens (primary N) is 1. The van der Waals surface area contributed by atoms with Gasteiger partial charge in [-0.1, -0.05) is 41.5 Å². The second-order valence-corrected chi connectivity index (χ2v) is 16.1. The smallest absolute Gasteiger partial charge is 0.342 e. The van der Waals surface area contributed by atoms with Gasteiger partial charge in [0.05, 0.1) is 38.9 Å². The van der Waals surface area contributed by atoms with Gasteiger partial charge in [0, 0.05) is 6.42 Å². The van der Waals surface area contributed by atoms with Crippen LogP contribution < -0.4 is 20.6 Å². The van der Waals surface area contributed by atoms with E-state index in [0.29, 0.717) is 17.8 Å². The van der Waals surface area contributed by atoms with Crippen molar-refractivity contribution in [2.45, 2.75) is 106 Å². The number of esters is 2. The van der Waals surface area contributed by atoms with Gasteiger partial charge in [-0.05, 0) is 38.5 Å². The van der Waals surface area contributed by atoms with Crippen LogP contribution in [-0.2, 0) is 32.9 Å². The average Bonchev–Trinajstić information content (AvgIpc) is 3.47. The molecule has 2 aromatic rings. The Balaban J connectivity index is 1.79. The van der Waals surface area contributed by atoms with Crippen LogP contribution in [0.5, 0.6) is 5.88 Å². The van der Waals surface area contributed by atoms with Crippen molar-refractivity contribution in [2.75, 3.05) is 32.2 Å². The molecule has 0 bridgehead atoms. The predicted octanol–water partition coefficient (Wildman–Crippen LogP) is 3.11. The summed E-state index contributed by atoms with van der Waals surface area (Å²) in [5.41, 5.74) is 4.53. The Morgan fingerprint density at radius 1 is 1.11 bits per heavy atom. The first-order valence-corrected chi connectivity index (χ1v) is 16.9. The van der Waals surface area contributed by atoms with Crippen LogP contribution in [0, 0.1) is 10.8 Å². The monoisotopic (exact) mass is 671 g/mol. The minimum absolute atomic E-state index is 0.0430. The molecule has 0 radical (unpaired) electrons. The van der Waals surface area contributed by atoms with Crippen LogP contribution in [0.15, 0.2) is 6.33 Å². The fourth-order valence-corrected chi connectivity index (χ4v) is 6.29. The van der Waals surface area contributed by atoms with Crippen LogP contribution in [-0.4, -0.2) is 86.8 Å². The molecule has 0 amide bonds. The molecule has 260 valence electrons.